The second-order valence-electron chi connectivity index (χ2n) is 5.40. The van der Waals surface area contributed by atoms with Crippen LogP contribution in [0.25, 0.3) is 0 Å². The second-order valence-corrected chi connectivity index (χ2v) is 8.80. The summed E-state index contributed by atoms with van der Waals surface area (Å²) >= 11 is 6.52. The molecule has 0 heterocycles. The molecule has 0 spiro atoms. The molecular weight excluding hydrogens is 677 g/mol. The monoisotopic (exact) mass is 692 g/mol. The smallest absolute Gasteiger partial charge is 0.344 e. The van der Waals surface area contributed by atoms with Crippen LogP contribution in [0.2, 0.25) is 0 Å². The molecule has 4 N–H and O–H groups in total. The Morgan fingerprint density at radius 2 is 1.92 bits per heavy atom. The summed E-state index contributed by atoms with van der Waals surface area (Å²) in [6, 6.07) is 8.59. The predicted octanol–water partition coefficient (Wildman–Crippen LogP) is 4.12. The SMILES string of the molecule is CC(Oc1cccc(NC(=O)Cc2c(I)cc(I)c(N)c2I)c1)C(=O)O. The highest BCUT2D eigenvalue weighted by atomic mass is 127. The van der Waals surface area contributed by atoms with Crippen molar-refractivity contribution in [3.8, 4) is 5.75 Å². The second kappa shape index (κ2) is 9.39. The van der Waals surface area contributed by atoms with Crippen molar-refractivity contribution in [2.45, 2.75) is 19.4 Å². The molecule has 0 aliphatic rings. The summed E-state index contributed by atoms with van der Waals surface area (Å²) in [5, 5.41) is 11.7. The van der Waals surface area contributed by atoms with Crippen molar-refractivity contribution in [3.63, 3.8) is 0 Å². The number of hydrogen-bond donors (Lipinski definition) is 3. The van der Waals surface area contributed by atoms with E-state index in [9.17, 15) is 9.59 Å². The Kier molecular flexibility index (Phi) is 7.76. The summed E-state index contributed by atoms with van der Waals surface area (Å²) in [7, 11) is 0. The van der Waals surface area contributed by atoms with Gasteiger partial charge in [-0.25, -0.2) is 4.79 Å². The van der Waals surface area contributed by atoms with Crippen molar-refractivity contribution in [3.05, 3.63) is 46.6 Å². The molecule has 0 saturated heterocycles. The molecule has 2 aromatic rings. The Bertz CT molecular complexity index is 858. The third-order valence-corrected chi connectivity index (χ3v) is 6.50. The third-order valence-electron chi connectivity index (χ3n) is 3.42. The minimum atomic E-state index is -1.06. The molecule has 26 heavy (non-hydrogen) atoms. The van der Waals surface area contributed by atoms with Gasteiger partial charge in [0.15, 0.2) is 6.10 Å². The van der Waals surface area contributed by atoms with Crippen LogP contribution in [0.3, 0.4) is 0 Å². The summed E-state index contributed by atoms with van der Waals surface area (Å²) in [4.78, 5) is 23.3. The van der Waals surface area contributed by atoms with Crippen molar-refractivity contribution < 1.29 is 19.4 Å². The van der Waals surface area contributed by atoms with Crippen LogP contribution < -0.4 is 15.8 Å². The van der Waals surface area contributed by atoms with Gasteiger partial charge >= 0.3 is 5.97 Å². The first-order chi connectivity index (χ1) is 12.2. The lowest BCUT2D eigenvalue weighted by Crippen LogP contribution is -2.23. The van der Waals surface area contributed by atoms with E-state index in [0.29, 0.717) is 17.1 Å². The molecule has 138 valence electrons. The first-order valence-corrected chi connectivity index (χ1v) is 10.6. The molecule has 0 bridgehead atoms. The summed E-state index contributed by atoms with van der Waals surface area (Å²) in [6.45, 7) is 1.44. The van der Waals surface area contributed by atoms with E-state index in [2.05, 4.69) is 73.1 Å². The number of carboxylic acid groups (broad SMARTS) is 1. The average molecular weight is 692 g/mol. The van der Waals surface area contributed by atoms with Gasteiger partial charge < -0.3 is 20.9 Å². The predicted molar refractivity (Wildman–Crippen MR) is 126 cm³/mol. The summed E-state index contributed by atoms with van der Waals surface area (Å²) in [5.41, 5.74) is 8.15. The normalized spacial score (nSPS) is 11.7. The van der Waals surface area contributed by atoms with Gasteiger partial charge in [-0.1, -0.05) is 6.07 Å². The number of nitrogens with one attached hydrogen (secondary N) is 1. The third kappa shape index (κ3) is 5.58. The van der Waals surface area contributed by atoms with Crippen molar-refractivity contribution in [1.29, 1.82) is 0 Å². The van der Waals surface area contributed by atoms with Crippen molar-refractivity contribution in [2.24, 2.45) is 0 Å². The summed E-state index contributed by atoms with van der Waals surface area (Å²) in [6.07, 6.45) is -0.784. The number of nitrogen functional groups attached to an aromatic ring is 1. The molecule has 1 unspecified atom stereocenters. The number of benzene rings is 2. The molecule has 2 rings (SSSR count). The highest BCUT2D eigenvalue weighted by Gasteiger charge is 2.16. The Labute approximate surface area is 191 Å². The molecule has 2 aromatic carbocycles. The molecule has 9 heteroatoms. The Morgan fingerprint density at radius 1 is 1.23 bits per heavy atom. The maximum Gasteiger partial charge on any atom is 0.344 e. The van der Waals surface area contributed by atoms with E-state index in [-0.39, 0.29) is 12.3 Å². The fourth-order valence-corrected chi connectivity index (χ4v) is 5.83. The van der Waals surface area contributed by atoms with Crippen molar-refractivity contribution in [2.75, 3.05) is 11.1 Å². The number of carbonyl (C=O) groups excluding carboxylic acids is 1. The minimum Gasteiger partial charge on any atom is -0.479 e. The van der Waals surface area contributed by atoms with Crippen LogP contribution in [0.4, 0.5) is 11.4 Å². The fraction of sp³-hybridized carbons (Fsp3) is 0.176. The zero-order valence-corrected chi connectivity index (χ0v) is 20.0. The quantitative estimate of drug-likeness (QED) is 0.313. The van der Waals surface area contributed by atoms with Crippen LogP contribution in [-0.2, 0) is 16.0 Å². The molecule has 0 fully saturated rings. The first kappa shape index (κ1) is 21.5. The molecule has 0 saturated carbocycles. The first-order valence-electron chi connectivity index (χ1n) is 7.40. The number of hydrogen-bond acceptors (Lipinski definition) is 4. The highest BCUT2D eigenvalue weighted by Crippen LogP contribution is 2.30. The number of amides is 1. The number of carboxylic acids is 1. The maximum absolute atomic E-state index is 12.4. The van der Waals surface area contributed by atoms with Crippen LogP contribution in [0.15, 0.2) is 30.3 Å². The minimum absolute atomic E-state index is 0.189. The standard InChI is InChI=1S/C17H15I3N2O4/c1-8(17(24)25)26-10-4-2-3-9(5-10)22-14(23)6-11-12(18)7-13(19)16(21)15(11)20/h2-5,7-8H,6,21H2,1H3,(H,22,23)(H,24,25). The zero-order valence-electron chi connectivity index (χ0n) is 13.6. The van der Waals surface area contributed by atoms with E-state index < -0.39 is 12.1 Å². The van der Waals surface area contributed by atoms with Crippen LogP contribution in [0, 0.1) is 10.7 Å². The number of carbonyl (C=O) groups is 2. The van der Waals surface area contributed by atoms with Gasteiger partial charge in [0.1, 0.15) is 5.75 Å². The van der Waals surface area contributed by atoms with E-state index in [4.69, 9.17) is 15.6 Å². The molecule has 1 amide bonds. The van der Waals surface area contributed by atoms with E-state index in [0.717, 1.165) is 16.3 Å². The van der Waals surface area contributed by atoms with Crippen LogP contribution in [0.5, 0.6) is 5.75 Å². The summed E-state index contributed by atoms with van der Waals surface area (Å²) < 4.78 is 8.13. The topological polar surface area (TPSA) is 102 Å². The average Bonchev–Trinajstić information content (AvgIpc) is 2.57. The highest BCUT2D eigenvalue weighted by molar-refractivity contribution is 14.1. The van der Waals surface area contributed by atoms with Crippen LogP contribution in [-0.4, -0.2) is 23.1 Å². The van der Waals surface area contributed by atoms with E-state index >= 15 is 0 Å². The van der Waals surface area contributed by atoms with Gasteiger partial charge in [0.05, 0.1) is 12.1 Å². The van der Waals surface area contributed by atoms with Crippen LogP contribution in [0.1, 0.15) is 12.5 Å². The van der Waals surface area contributed by atoms with Gasteiger partial charge in [0, 0.05) is 22.5 Å². The molecule has 0 aromatic heterocycles. The summed E-state index contributed by atoms with van der Waals surface area (Å²) in [5.74, 6) is -0.870. The fourth-order valence-electron chi connectivity index (χ4n) is 2.08. The number of nitrogens with two attached hydrogens (primary N) is 1. The molecular formula is C17H15I3N2O4. The molecule has 0 aliphatic carbocycles. The lowest BCUT2D eigenvalue weighted by atomic mass is 10.1. The number of anilines is 2. The van der Waals surface area contributed by atoms with Gasteiger partial charge in [0.2, 0.25) is 5.91 Å². The molecule has 0 aliphatic heterocycles. The van der Waals surface area contributed by atoms with E-state index in [1.807, 2.05) is 6.07 Å². The lowest BCUT2D eigenvalue weighted by Gasteiger charge is -2.13. The van der Waals surface area contributed by atoms with E-state index in [1.54, 1.807) is 24.3 Å². The Morgan fingerprint density at radius 3 is 2.58 bits per heavy atom. The Balaban J connectivity index is 2.12. The molecule has 0 radical (unpaired) electrons. The van der Waals surface area contributed by atoms with Gasteiger partial charge in [-0.2, -0.15) is 0 Å². The van der Waals surface area contributed by atoms with Crippen LogP contribution >= 0.6 is 67.8 Å². The lowest BCUT2D eigenvalue weighted by molar-refractivity contribution is -0.144. The largest absolute Gasteiger partial charge is 0.479 e. The van der Waals surface area contributed by atoms with Gasteiger partial charge in [0.25, 0.3) is 0 Å². The molecule has 6 nitrogen and oxygen atoms in total. The maximum atomic E-state index is 12.4. The number of halogens is 3. The molecule has 1 atom stereocenters. The van der Waals surface area contributed by atoms with Gasteiger partial charge in [-0.15, -0.1) is 0 Å². The zero-order chi connectivity index (χ0) is 19.4. The van der Waals surface area contributed by atoms with Crippen molar-refractivity contribution >= 4 is 91.0 Å². The number of ether oxygens (including phenoxy) is 1. The van der Waals surface area contributed by atoms with Gasteiger partial charge in [-0.05, 0) is 98.5 Å². The van der Waals surface area contributed by atoms with Gasteiger partial charge in [-0.3, -0.25) is 4.79 Å². The Hall–Kier alpha value is -0.830. The number of aliphatic carboxylic acids is 1. The van der Waals surface area contributed by atoms with Crippen molar-refractivity contribution in [1.82, 2.24) is 0 Å². The van der Waals surface area contributed by atoms with E-state index in [1.165, 1.54) is 6.92 Å². The number of rotatable bonds is 6.